The lowest BCUT2D eigenvalue weighted by atomic mass is 10.1. The van der Waals surface area contributed by atoms with Gasteiger partial charge < -0.3 is 0 Å². The number of halogens is 1. The lowest BCUT2D eigenvalue weighted by molar-refractivity contribution is -0.383. The minimum atomic E-state index is -3.56. The normalized spacial score (nSPS) is 11.6. The largest absolute Gasteiger partial charge is 0.278 e. The number of nitro benzene ring substituents is 1. The van der Waals surface area contributed by atoms with E-state index in [-0.39, 0.29) is 33.0 Å². The van der Waals surface area contributed by atoms with E-state index in [0.29, 0.717) is 0 Å². The zero-order valence-corrected chi connectivity index (χ0v) is 11.2. The van der Waals surface area contributed by atoms with Gasteiger partial charge in [0.15, 0.2) is 9.84 Å². The van der Waals surface area contributed by atoms with Crippen LogP contribution < -0.4 is 0 Å². The molecule has 0 N–H and O–H groups in total. The Kier molecular flexibility index (Phi) is 3.68. The summed E-state index contributed by atoms with van der Waals surface area (Å²) < 4.78 is 24.1. The fourth-order valence-corrected chi connectivity index (χ4v) is 3.61. The smallest absolute Gasteiger partial charge is 0.264 e. The number of rotatable bonds is 4. The standard InChI is InChI=1S/C11H9ClN2O4S/c12-4-6-19(17,18)11-2-1-10(14(15)16)9-7-13-5-3-8(9)11/h1-3,5,7H,4,6H2. The Labute approximate surface area is 114 Å². The molecular formula is C11H9ClN2O4S. The third-order valence-corrected chi connectivity index (χ3v) is 4.81. The van der Waals surface area contributed by atoms with Gasteiger partial charge in [-0.1, -0.05) is 0 Å². The number of hydrogen-bond acceptors (Lipinski definition) is 5. The molecule has 8 heteroatoms. The van der Waals surface area contributed by atoms with Crippen LogP contribution in [0.5, 0.6) is 0 Å². The van der Waals surface area contributed by atoms with Crippen LogP contribution in [-0.4, -0.2) is 30.0 Å². The molecule has 0 aliphatic rings. The Morgan fingerprint density at radius 3 is 2.63 bits per heavy atom. The summed E-state index contributed by atoms with van der Waals surface area (Å²) in [7, 11) is -3.56. The van der Waals surface area contributed by atoms with Gasteiger partial charge in [-0.2, -0.15) is 0 Å². The van der Waals surface area contributed by atoms with Gasteiger partial charge in [-0.15, -0.1) is 11.6 Å². The molecule has 2 aromatic rings. The van der Waals surface area contributed by atoms with E-state index in [1.807, 2.05) is 0 Å². The highest BCUT2D eigenvalue weighted by atomic mass is 35.5. The zero-order chi connectivity index (χ0) is 14.0. The van der Waals surface area contributed by atoms with Crippen molar-refractivity contribution in [1.29, 1.82) is 0 Å². The van der Waals surface area contributed by atoms with E-state index in [4.69, 9.17) is 11.6 Å². The molecule has 1 aromatic heterocycles. The summed E-state index contributed by atoms with van der Waals surface area (Å²) >= 11 is 5.47. The third kappa shape index (κ3) is 2.52. The highest BCUT2D eigenvalue weighted by molar-refractivity contribution is 7.91. The number of benzene rings is 1. The van der Waals surface area contributed by atoms with E-state index in [1.165, 1.54) is 30.6 Å². The summed E-state index contributed by atoms with van der Waals surface area (Å²) in [6.07, 6.45) is 2.68. The molecule has 0 saturated carbocycles. The van der Waals surface area contributed by atoms with Crippen LogP contribution in [-0.2, 0) is 9.84 Å². The maximum atomic E-state index is 12.1. The van der Waals surface area contributed by atoms with Crippen molar-refractivity contribution in [2.24, 2.45) is 0 Å². The van der Waals surface area contributed by atoms with Gasteiger partial charge in [0.25, 0.3) is 5.69 Å². The van der Waals surface area contributed by atoms with Crippen LogP contribution in [0.15, 0.2) is 35.5 Å². The van der Waals surface area contributed by atoms with Gasteiger partial charge in [-0.3, -0.25) is 15.1 Å². The molecule has 0 saturated heterocycles. The molecule has 0 aliphatic heterocycles. The van der Waals surface area contributed by atoms with Gasteiger partial charge in [0.1, 0.15) is 0 Å². The van der Waals surface area contributed by atoms with E-state index in [0.717, 1.165) is 0 Å². The molecule has 0 bridgehead atoms. The Morgan fingerprint density at radius 2 is 2.00 bits per heavy atom. The number of nitrogens with zero attached hydrogens (tertiary/aromatic N) is 2. The number of alkyl halides is 1. The van der Waals surface area contributed by atoms with Gasteiger partial charge in [0.2, 0.25) is 0 Å². The van der Waals surface area contributed by atoms with Crippen LogP contribution in [0.25, 0.3) is 10.8 Å². The van der Waals surface area contributed by atoms with Crippen molar-refractivity contribution in [1.82, 2.24) is 4.98 Å². The average molecular weight is 301 g/mol. The second-order valence-electron chi connectivity index (χ2n) is 3.77. The number of hydrogen-bond donors (Lipinski definition) is 0. The number of pyridine rings is 1. The van der Waals surface area contributed by atoms with Crippen molar-refractivity contribution in [3.63, 3.8) is 0 Å². The Bertz CT molecular complexity index is 745. The highest BCUT2D eigenvalue weighted by Gasteiger charge is 2.21. The first-order valence-corrected chi connectivity index (χ1v) is 7.46. The van der Waals surface area contributed by atoms with E-state index in [1.54, 1.807) is 0 Å². The topological polar surface area (TPSA) is 90.2 Å². The minimum absolute atomic E-state index is 0.0358. The summed E-state index contributed by atoms with van der Waals surface area (Å²) in [6, 6.07) is 3.86. The Morgan fingerprint density at radius 1 is 1.26 bits per heavy atom. The molecule has 1 aromatic carbocycles. The second-order valence-corrected chi connectivity index (χ2v) is 6.22. The lowest BCUT2D eigenvalue weighted by Gasteiger charge is -2.07. The maximum Gasteiger partial charge on any atom is 0.278 e. The number of nitro groups is 1. The molecule has 0 atom stereocenters. The van der Waals surface area contributed by atoms with Crippen LogP contribution in [0.3, 0.4) is 0 Å². The fraction of sp³-hybridized carbons (Fsp3) is 0.182. The summed E-state index contributed by atoms with van der Waals surface area (Å²) in [5.41, 5.74) is -0.173. The Balaban J connectivity index is 2.80. The van der Waals surface area contributed by atoms with Crippen LogP contribution in [0.2, 0.25) is 0 Å². The van der Waals surface area contributed by atoms with Gasteiger partial charge in [0, 0.05) is 29.7 Å². The SMILES string of the molecule is O=[N+]([O-])c1ccc(S(=O)(=O)CCCl)c2ccncc12. The molecule has 6 nitrogen and oxygen atoms in total. The monoisotopic (exact) mass is 300 g/mol. The first-order valence-electron chi connectivity index (χ1n) is 5.27. The summed E-state index contributed by atoms with van der Waals surface area (Å²) in [5.74, 6) is -0.254. The summed E-state index contributed by atoms with van der Waals surface area (Å²) in [4.78, 5) is 14.2. The molecule has 0 radical (unpaired) electrons. The molecule has 2 rings (SSSR count). The predicted molar refractivity (Wildman–Crippen MR) is 71.2 cm³/mol. The molecule has 0 amide bonds. The Hall–Kier alpha value is -1.73. The number of aromatic nitrogens is 1. The lowest BCUT2D eigenvalue weighted by Crippen LogP contribution is -2.09. The molecule has 0 fully saturated rings. The quantitative estimate of drug-likeness (QED) is 0.490. The maximum absolute atomic E-state index is 12.1. The van der Waals surface area contributed by atoms with E-state index in [9.17, 15) is 18.5 Å². The molecule has 100 valence electrons. The first kappa shape index (κ1) is 13.7. The summed E-state index contributed by atoms with van der Waals surface area (Å²) in [6.45, 7) is 0. The minimum Gasteiger partial charge on any atom is -0.264 e. The van der Waals surface area contributed by atoms with E-state index >= 15 is 0 Å². The van der Waals surface area contributed by atoms with Crippen molar-refractivity contribution >= 4 is 37.9 Å². The van der Waals surface area contributed by atoms with Gasteiger partial charge in [-0.05, 0) is 12.1 Å². The van der Waals surface area contributed by atoms with Crippen molar-refractivity contribution in [3.8, 4) is 0 Å². The first-order chi connectivity index (χ1) is 8.97. The van der Waals surface area contributed by atoms with Crippen LogP contribution in [0.1, 0.15) is 0 Å². The molecule has 0 spiro atoms. The second kappa shape index (κ2) is 5.10. The van der Waals surface area contributed by atoms with Crippen molar-refractivity contribution < 1.29 is 13.3 Å². The molecule has 0 unspecified atom stereocenters. The van der Waals surface area contributed by atoms with Crippen molar-refractivity contribution in [3.05, 3.63) is 40.7 Å². The number of non-ortho nitro benzene ring substituents is 1. The molecular weight excluding hydrogens is 292 g/mol. The van der Waals surface area contributed by atoms with Crippen LogP contribution in [0, 0.1) is 10.1 Å². The van der Waals surface area contributed by atoms with Crippen LogP contribution in [0.4, 0.5) is 5.69 Å². The average Bonchev–Trinajstić information content (AvgIpc) is 2.37. The predicted octanol–water partition coefficient (Wildman–Crippen LogP) is 2.16. The van der Waals surface area contributed by atoms with Crippen molar-refractivity contribution in [2.75, 3.05) is 11.6 Å². The van der Waals surface area contributed by atoms with Gasteiger partial charge >= 0.3 is 0 Å². The van der Waals surface area contributed by atoms with Gasteiger partial charge in [-0.25, -0.2) is 8.42 Å². The number of sulfone groups is 1. The third-order valence-electron chi connectivity index (χ3n) is 2.63. The van der Waals surface area contributed by atoms with E-state index < -0.39 is 14.8 Å². The molecule has 0 aliphatic carbocycles. The number of fused-ring (bicyclic) bond motifs is 1. The fourth-order valence-electron chi connectivity index (χ4n) is 1.79. The summed E-state index contributed by atoms with van der Waals surface area (Å²) in [5, 5.41) is 11.4. The molecule has 1 heterocycles. The highest BCUT2D eigenvalue weighted by Crippen LogP contribution is 2.30. The van der Waals surface area contributed by atoms with E-state index in [2.05, 4.69) is 4.98 Å². The van der Waals surface area contributed by atoms with Gasteiger partial charge in [0.05, 0.1) is 21.0 Å². The van der Waals surface area contributed by atoms with Crippen molar-refractivity contribution in [2.45, 2.75) is 4.90 Å². The zero-order valence-electron chi connectivity index (χ0n) is 9.61. The van der Waals surface area contributed by atoms with Crippen LogP contribution >= 0.6 is 11.6 Å². The molecule has 19 heavy (non-hydrogen) atoms.